The number of aliphatic imine (C=N–C) groups is 1. The number of amides is 2. The summed E-state index contributed by atoms with van der Waals surface area (Å²) in [7, 11) is 0. The summed E-state index contributed by atoms with van der Waals surface area (Å²) in [6, 6.07) is 10.3. The summed E-state index contributed by atoms with van der Waals surface area (Å²) in [6.45, 7) is 8.17. The Bertz CT molecular complexity index is 697. The van der Waals surface area contributed by atoms with Crippen molar-refractivity contribution < 1.29 is 9.59 Å². The largest absolute Gasteiger partial charge is 0.370 e. The number of benzene rings is 1. The van der Waals surface area contributed by atoms with Crippen molar-refractivity contribution in [2.45, 2.75) is 52.4 Å². The number of carbonyl (C=O) groups is 2. The molecule has 7 nitrogen and oxygen atoms in total. The average Bonchev–Trinajstić information content (AvgIpc) is 2.76. The number of unbranched alkanes of at least 4 members (excludes halogenated alkanes) is 2. The summed E-state index contributed by atoms with van der Waals surface area (Å²) in [5.41, 5.74) is 7.18. The van der Waals surface area contributed by atoms with Gasteiger partial charge in [0.05, 0.1) is 0 Å². The third kappa shape index (κ3) is 9.85. The van der Waals surface area contributed by atoms with Crippen molar-refractivity contribution in [1.82, 2.24) is 15.1 Å². The first kappa shape index (κ1) is 24.7. The van der Waals surface area contributed by atoms with Gasteiger partial charge in [0.1, 0.15) is 0 Å². The molecule has 1 aliphatic heterocycles. The normalized spacial score (nSPS) is 14.7. The molecule has 0 unspecified atom stereocenters. The third-order valence-corrected chi connectivity index (χ3v) is 5.46. The maximum Gasteiger partial charge on any atom is 0.222 e. The highest BCUT2D eigenvalue weighted by Gasteiger charge is 2.23. The van der Waals surface area contributed by atoms with E-state index in [1.807, 2.05) is 28.0 Å². The van der Waals surface area contributed by atoms with Crippen molar-refractivity contribution in [3.8, 4) is 0 Å². The minimum atomic E-state index is 0.196. The molecule has 31 heavy (non-hydrogen) atoms. The van der Waals surface area contributed by atoms with Gasteiger partial charge in [0.15, 0.2) is 5.96 Å². The highest BCUT2D eigenvalue weighted by atomic mass is 16.2. The number of guanidine groups is 1. The summed E-state index contributed by atoms with van der Waals surface area (Å²) >= 11 is 0. The summed E-state index contributed by atoms with van der Waals surface area (Å²) in [6.07, 6.45) is 4.81. The fourth-order valence-electron chi connectivity index (χ4n) is 3.64. The molecule has 7 heteroatoms. The maximum atomic E-state index is 12.4. The van der Waals surface area contributed by atoms with E-state index in [-0.39, 0.29) is 11.8 Å². The second kappa shape index (κ2) is 13.7. The molecule has 1 aliphatic rings. The molecule has 172 valence electrons. The van der Waals surface area contributed by atoms with E-state index in [0.29, 0.717) is 57.4 Å². The SMILES string of the molecule is CC(C)CC(=O)N1CCN(C(=O)CCCCCN=C(N)NCCc2ccccc2)CC1. The Balaban J connectivity index is 1.51. The summed E-state index contributed by atoms with van der Waals surface area (Å²) in [5, 5.41) is 3.14. The molecule has 1 saturated heterocycles. The second-order valence-electron chi connectivity index (χ2n) is 8.60. The van der Waals surface area contributed by atoms with Crippen LogP contribution in [-0.4, -0.2) is 66.8 Å². The van der Waals surface area contributed by atoms with Crippen LogP contribution in [0.15, 0.2) is 35.3 Å². The van der Waals surface area contributed by atoms with Crippen LogP contribution in [0.5, 0.6) is 0 Å². The van der Waals surface area contributed by atoms with E-state index in [2.05, 4.69) is 36.3 Å². The van der Waals surface area contributed by atoms with Crippen molar-refractivity contribution in [3.63, 3.8) is 0 Å². The van der Waals surface area contributed by atoms with E-state index in [4.69, 9.17) is 5.73 Å². The Kier molecular flexibility index (Phi) is 10.9. The van der Waals surface area contributed by atoms with Crippen molar-refractivity contribution in [2.24, 2.45) is 16.6 Å². The predicted octanol–water partition coefficient (Wildman–Crippen LogP) is 2.41. The number of carbonyl (C=O) groups excluding carboxylic acids is 2. The highest BCUT2D eigenvalue weighted by Crippen LogP contribution is 2.10. The first-order valence-corrected chi connectivity index (χ1v) is 11.6. The zero-order valence-corrected chi connectivity index (χ0v) is 19.2. The molecule has 2 amide bonds. The highest BCUT2D eigenvalue weighted by molar-refractivity contribution is 5.78. The molecule has 0 radical (unpaired) electrons. The van der Waals surface area contributed by atoms with Gasteiger partial charge in [-0.1, -0.05) is 50.6 Å². The lowest BCUT2D eigenvalue weighted by atomic mass is 10.1. The Morgan fingerprint density at radius 3 is 2.29 bits per heavy atom. The fourth-order valence-corrected chi connectivity index (χ4v) is 3.64. The van der Waals surface area contributed by atoms with Gasteiger partial charge in [0.25, 0.3) is 0 Å². The number of rotatable bonds is 11. The number of hydrogen-bond acceptors (Lipinski definition) is 3. The molecule has 0 saturated carbocycles. The first-order chi connectivity index (χ1) is 15.0. The van der Waals surface area contributed by atoms with E-state index < -0.39 is 0 Å². The Hall–Kier alpha value is -2.57. The molecule has 0 aliphatic carbocycles. The molecule has 0 aromatic heterocycles. The molecule has 3 N–H and O–H groups in total. The van der Waals surface area contributed by atoms with Crippen molar-refractivity contribution >= 4 is 17.8 Å². The van der Waals surface area contributed by atoms with Crippen molar-refractivity contribution in [3.05, 3.63) is 35.9 Å². The Morgan fingerprint density at radius 2 is 1.65 bits per heavy atom. The van der Waals surface area contributed by atoms with Crippen molar-refractivity contribution in [2.75, 3.05) is 39.3 Å². The van der Waals surface area contributed by atoms with Gasteiger partial charge < -0.3 is 20.9 Å². The number of nitrogens with zero attached hydrogens (tertiary/aromatic N) is 3. The Labute approximate surface area is 187 Å². The van der Waals surface area contributed by atoms with Crippen LogP contribution in [0.3, 0.4) is 0 Å². The predicted molar refractivity (Wildman–Crippen MR) is 126 cm³/mol. The molecular formula is C24H39N5O2. The smallest absolute Gasteiger partial charge is 0.222 e. The van der Waals surface area contributed by atoms with Gasteiger partial charge in [0.2, 0.25) is 11.8 Å². The van der Waals surface area contributed by atoms with Crippen molar-refractivity contribution in [1.29, 1.82) is 0 Å². The minimum Gasteiger partial charge on any atom is -0.370 e. The molecule has 0 bridgehead atoms. The summed E-state index contributed by atoms with van der Waals surface area (Å²) in [4.78, 5) is 32.7. The van der Waals surface area contributed by atoms with Gasteiger partial charge in [-0.2, -0.15) is 0 Å². The van der Waals surface area contributed by atoms with Crippen LogP contribution in [0.4, 0.5) is 0 Å². The van der Waals surface area contributed by atoms with E-state index in [0.717, 1.165) is 32.2 Å². The zero-order valence-electron chi connectivity index (χ0n) is 19.2. The monoisotopic (exact) mass is 429 g/mol. The van der Waals surface area contributed by atoms with Crippen LogP contribution in [-0.2, 0) is 16.0 Å². The number of piperazine rings is 1. The molecule has 1 aromatic rings. The fraction of sp³-hybridized carbons (Fsp3) is 0.625. The molecule has 1 aromatic carbocycles. The average molecular weight is 430 g/mol. The lowest BCUT2D eigenvalue weighted by Gasteiger charge is -2.35. The third-order valence-electron chi connectivity index (χ3n) is 5.46. The van der Waals surface area contributed by atoms with Crippen LogP contribution in [0, 0.1) is 5.92 Å². The first-order valence-electron chi connectivity index (χ1n) is 11.6. The summed E-state index contributed by atoms with van der Waals surface area (Å²) < 4.78 is 0. The van der Waals surface area contributed by atoms with Gasteiger partial charge in [0, 0.05) is 52.1 Å². The number of nitrogens with one attached hydrogen (secondary N) is 1. The van der Waals surface area contributed by atoms with Crippen LogP contribution >= 0.6 is 0 Å². The zero-order chi connectivity index (χ0) is 22.5. The lowest BCUT2D eigenvalue weighted by Crippen LogP contribution is -2.50. The molecule has 1 heterocycles. The molecule has 0 spiro atoms. The number of nitrogens with two attached hydrogens (primary N) is 1. The van der Waals surface area contributed by atoms with E-state index >= 15 is 0 Å². The van der Waals surface area contributed by atoms with Gasteiger partial charge in [-0.25, -0.2) is 0 Å². The minimum absolute atomic E-state index is 0.196. The lowest BCUT2D eigenvalue weighted by molar-refractivity contribution is -0.140. The molecular weight excluding hydrogens is 390 g/mol. The van der Waals surface area contributed by atoms with E-state index in [9.17, 15) is 9.59 Å². The van der Waals surface area contributed by atoms with Crippen LogP contribution in [0.25, 0.3) is 0 Å². The van der Waals surface area contributed by atoms with Gasteiger partial charge >= 0.3 is 0 Å². The standard InChI is InChI=1S/C24H39N5O2/c1-20(2)19-23(31)29-17-15-28(16-18-29)22(30)11-7-4-8-13-26-24(25)27-14-12-21-9-5-3-6-10-21/h3,5-6,9-10,20H,4,7-8,11-19H2,1-2H3,(H3,25,26,27). The molecule has 1 fully saturated rings. The van der Waals surface area contributed by atoms with E-state index in [1.54, 1.807) is 0 Å². The Morgan fingerprint density at radius 1 is 1.00 bits per heavy atom. The molecule has 0 atom stereocenters. The quantitative estimate of drug-likeness (QED) is 0.321. The van der Waals surface area contributed by atoms with Crippen LogP contribution in [0.2, 0.25) is 0 Å². The van der Waals surface area contributed by atoms with E-state index in [1.165, 1.54) is 5.56 Å². The topological polar surface area (TPSA) is 91.0 Å². The van der Waals surface area contributed by atoms with Gasteiger partial charge in [-0.05, 0) is 30.7 Å². The number of hydrogen-bond donors (Lipinski definition) is 2. The second-order valence-corrected chi connectivity index (χ2v) is 8.60. The van der Waals surface area contributed by atoms with Crippen LogP contribution in [0.1, 0.15) is 51.5 Å². The maximum absolute atomic E-state index is 12.4. The molecule has 2 rings (SSSR count). The summed E-state index contributed by atoms with van der Waals surface area (Å²) in [5.74, 6) is 1.26. The van der Waals surface area contributed by atoms with Crippen LogP contribution < -0.4 is 11.1 Å². The van der Waals surface area contributed by atoms with Gasteiger partial charge in [-0.15, -0.1) is 0 Å². The van der Waals surface area contributed by atoms with Gasteiger partial charge in [-0.3, -0.25) is 14.6 Å².